The average molecular weight is 519 g/mol. The molecule has 2 aromatic carbocycles. The highest BCUT2D eigenvalue weighted by molar-refractivity contribution is 5.98. The molecule has 38 heavy (non-hydrogen) atoms. The summed E-state index contributed by atoms with van der Waals surface area (Å²) in [6.07, 6.45) is 10.2. The number of carbonyl (C=O) groups excluding carboxylic acids is 2. The van der Waals surface area contributed by atoms with Gasteiger partial charge in [0.1, 0.15) is 0 Å². The molecule has 0 unspecified atom stereocenters. The van der Waals surface area contributed by atoms with Crippen LogP contribution in [0.1, 0.15) is 69.8 Å². The van der Waals surface area contributed by atoms with E-state index < -0.39 is 0 Å². The fourth-order valence-electron chi connectivity index (χ4n) is 5.90. The molecule has 3 fully saturated rings. The summed E-state index contributed by atoms with van der Waals surface area (Å²) in [5.74, 6) is 0.283. The van der Waals surface area contributed by atoms with E-state index in [0.29, 0.717) is 6.54 Å². The van der Waals surface area contributed by atoms with Crippen molar-refractivity contribution in [3.8, 4) is 11.1 Å². The minimum atomic E-state index is -0.289. The van der Waals surface area contributed by atoms with E-state index in [0.717, 1.165) is 79.7 Å². The predicted molar refractivity (Wildman–Crippen MR) is 152 cm³/mol. The molecule has 5 rings (SSSR count). The van der Waals surface area contributed by atoms with Gasteiger partial charge in [-0.25, -0.2) is 4.79 Å². The van der Waals surface area contributed by atoms with Crippen LogP contribution in [0.5, 0.6) is 0 Å². The summed E-state index contributed by atoms with van der Waals surface area (Å²) in [7, 11) is 1.45. The molecule has 1 heterocycles. The van der Waals surface area contributed by atoms with Crippen molar-refractivity contribution in [2.75, 3.05) is 30.4 Å². The van der Waals surface area contributed by atoms with E-state index in [1.54, 1.807) is 0 Å². The molecule has 2 aliphatic carbocycles. The number of benzene rings is 2. The molecule has 0 spiro atoms. The number of methoxy groups -OCH3 is 1. The van der Waals surface area contributed by atoms with Crippen molar-refractivity contribution in [1.82, 2.24) is 4.90 Å². The van der Waals surface area contributed by atoms with Gasteiger partial charge in [-0.3, -0.25) is 4.79 Å². The van der Waals surface area contributed by atoms with Gasteiger partial charge in [-0.05, 0) is 86.3 Å². The van der Waals surface area contributed by atoms with Crippen molar-refractivity contribution in [2.45, 2.75) is 82.8 Å². The van der Waals surface area contributed by atoms with E-state index in [2.05, 4.69) is 46.6 Å². The van der Waals surface area contributed by atoms with Crippen molar-refractivity contribution < 1.29 is 14.3 Å². The minimum Gasteiger partial charge on any atom is -0.453 e. The highest BCUT2D eigenvalue weighted by Crippen LogP contribution is 2.36. The van der Waals surface area contributed by atoms with Gasteiger partial charge in [0.15, 0.2) is 0 Å². The summed E-state index contributed by atoms with van der Waals surface area (Å²) >= 11 is 0. The van der Waals surface area contributed by atoms with Gasteiger partial charge >= 0.3 is 6.09 Å². The van der Waals surface area contributed by atoms with Gasteiger partial charge in [-0.2, -0.15) is 0 Å². The molecule has 3 N–H and O–H groups in total. The molecule has 2 amide bonds. The van der Waals surface area contributed by atoms with Crippen LogP contribution in [-0.2, 0) is 16.1 Å². The van der Waals surface area contributed by atoms with Crippen molar-refractivity contribution in [3.63, 3.8) is 0 Å². The highest BCUT2D eigenvalue weighted by atomic mass is 16.5. The third-order valence-corrected chi connectivity index (χ3v) is 8.35. The van der Waals surface area contributed by atoms with Gasteiger partial charge in [-0.15, -0.1) is 0 Å². The highest BCUT2D eigenvalue weighted by Gasteiger charge is 2.31. The van der Waals surface area contributed by atoms with Crippen LogP contribution in [-0.4, -0.2) is 49.2 Å². The molecule has 0 atom stereocenters. The van der Waals surface area contributed by atoms with Gasteiger partial charge in [0, 0.05) is 37.6 Å². The van der Waals surface area contributed by atoms with Crippen LogP contribution in [0.25, 0.3) is 11.1 Å². The lowest BCUT2D eigenvalue weighted by atomic mass is 9.90. The molecule has 7 nitrogen and oxygen atoms in total. The number of nitrogens with two attached hydrogens (primary N) is 1. The normalized spacial score (nSPS) is 21.9. The first-order valence-electron chi connectivity index (χ1n) is 14.4. The van der Waals surface area contributed by atoms with Gasteiger partial charge in [-0.1, -0.05) is 37.1 Å². The first-order chi connectivity index (χ1) is 18.5. The second kappa shape index (κ2) is 12.2. The Kier molecular flexibility index (Phi) is 8.52. The fourth-order valence-corrected chi connectivity index (χ4v) is 5.90. The topological polar surface area (TPSA) is 87.9 Å². The second-order valence-corrected chi connectivity index (χ2v) is 11.3. The Morgan fingerprint density at radius 2 is 1.66 bits per heavy atom. The van der Waals surface area contributed by atoms with E-state index in [4.69, 9.17) is 10.5 Å². The van der Waals surface area contributed by atoms with Gasteiger partial charge < -0.3 is 25.6 Å². The Bertz CT molecular complexity index is 1120. The molecule has 0 aromatic heterocycles. The third-order valence-electron chi connectivity index (χ3n) is 8.35. The monoisotopic (exact) mass is 518 g/mol. The smallest absolute Gasteiger partial charge is 0.410 e. The SMILES string of the molecule is COC(=O)N(Cc1cccc(-c2ccc(N3CCCCCC3)c(NC(=O)C3CC3)c2)c1)C1CCC(N)CC1. The second-order valence-electron chi connectivity index (χ2n) is 11.3. The first-order valence-corrected chi connectivity index (χ1v) is 14.4. The van der Waals surface area contributed by atoms with Crippen LogP contribution >= 0.6 is 0 Å². The van der Waals surface area contributed by atoms with Crippen LogP contribution in [0, 0.1) is 5.92 Å². The lowest BCUT2D eigenvalue weighted by molar-refractivity contribution is -0.117. The Hall–Kier alpha value is -3.06. The summed E-state index contributed by atoms with van der Waals surface area (Å²) in [4.78, 5) is 29.8. The fraction of sp³-hybridized carbons (Fsp3) is 0.548. The third kappa shape index (κ3) is 6.49. The average Bonchev–Trinajstić information content (AvgIpc) is 3.80. The number of anilines is 2. The Balaban J connectivity index is 1.39. The van der Waals surface area contributed by atoms with E-state index in [-0.39, 0.29) is 30.0 Å². The van der Waals surface area contributed by atoms with E-state index in [1.165, 1.54) is 32.8 Å². The quantitative estimate of drug-likeness (QED) is 0.475. The number of ether oxygens (including phenoxy) is 1. The van der Waals surface area contributed by atoms with Gasteiger partial charge in [0.2, 0.25) is 5.91 Å². The standard InChI is InChI=1S/C31H42N4O3/c1-38-31(37)35(27-14-12-26(32)13-15-27)21-22-7-6-8-24(19-22)25-11-16-29(34-17-4-2-3-5-18-34)28(20-25)33-30(36)23-9-10-23/h6-8,11,16,19-20,23,26-27H,2-5,9-10,12-15,17-18,21,32H2,1H3,(H,33,36). The molecule has 1 aliphatic heterocycles. The van der Waals surface area contributed by atoms with E-state index >= 15 is 0 Å². The number of hydrogen-bond acceptors (Lipinski definition) is 5. The zero-order chi connectivity index (χ0) is 26.5. The van der Waals surface area contributed by atoms with Crippen LogP contribution in [0.2, 0.25) is 0 Å². The first kappa shape index (κ1) is 26.5. The van der Waals surface area contributed by atoms with Gasteiger partial charge in [0.05, 0.1) is 18.5 Å². The molecule has 2 saturated carbocycles. The molecular weight excluding hydrogens is 476 g/mol. The number of hydrogen-bond donors (Lipinski definition) is 2. The summed E-state index contributed by atoms with van der Waals surface area (Å²) in [6.45, 7) is 2.55. The zero-order valence-electron chi connectivity index (χ0n) is 22.7. The lowest BCUT2D eigenvalue weighted by Crippen LogP contribution is -2.43. The Morgan fingerprint density at radius 3 is 2.34 bits per heavy atom. The molecule has 204 valence electrons. The maximum Gasteiger partial charge on any atom is 0.410 e. The Morgan fingerprint density at radius 1 is 0.947 bits per heavy atom. The van der Waals surface area contributed by atoms with E-state index in [1.807, 2.05) is 11.0 Å². The largest absolute Gasteiger partial charge is 0.453 e. The van der Waals surface area contributed by atoms with Crippen LogP contribution in [0.4, 0.5) is 16.2 Å². The van der Waals surface area contributed by atoms with Gasteiger partial charge in [0.25, 0.3) is 0 Å². The molecule has 0 bridgehead atoms. The van der Waals surface area contributed by atoms with Crippen molar-refractivity contribution in [2.24, 2.45) is 11.7 Å². The summed E-state index contributed by atoms with van der Waals surface area (Å²) in [5.41, 5.74) is 11.3. The van der Waals surface area contributed by atoms with Crippen molar-refractivity contribution >= 4 is 23.4 Å². The van der Waals surface area contributed by atoms with Crippen molar-refractivity contribution in [1.29, 1.82) is 0 Å². The molecule has 7 heteroatoms. The lowest BCUT2D eigenvalue weighted by Gasteiger charge is -2.35. The maximum absolute atomic E-state index is 12.8. The van der Waals surface area contributed by atoms with Crippen LogP contribution in [0.3, 0.4) is 0 Å². The summed E-state index contributed by atoms with van der Waals surface area (Å²) in [6, 6.07) is 15.2. The zero-order valence-corrected chi connectivity index (χ0v) is 22.7. The number of amides is 2. The Labute approximate surface area is 226 Å². The molecule has 3 aliphatic rings. The predicted octanol–water partition coefficient (Wildman–Crippen LogP) is 5.92. The molecular formula is C31H42N4O3. The number of carbonyl (C=O) groups is 2. The molecule has 2 aromatic rings. The van der Waals surface area contributed by atoms with Crippen LogP contribution < -0.4 is 16.0 Å². The van der Waals surface area contributed by atoms with E-state index in [9.17, 15) is 9.59 Å². The molecule has 1 saturated heterocycles. The number of rotatable bonds is 7. The number of nitrogens with zero attached hydrogens (tertiary/aromatic N) is 2. The number of nitrogens with one attached hydrogen (secondary N) is 1. The summed E-state index contributed by atoms with van der Waals surface area (Å²) in [5, 5.41) is 3.26. The maximum atomic E-state index is 12.8. The molecule has 0 radical (unpaired) electrons. The van der Waals surface area contributed by atoms with Crippen molar-refractivity contribution in [3.05, 3.63) is 48.0 Å². The van der Waals surface area contributed by atoms with Crippen LogP contribution in [0.15, 0.2) is 42.5 Å². The minimum absolute atomic E-state index is 0.132. The summed E-state index contributed by atoms with van der Waals surface area (Å²) < 4.78 is 5.15.